The van der Waals surface area contributed by atoms with Crippen molar-refractivity contribution in [2.45, 2.75) is 32.2 Å². The van der Waals surface area contributed by atoms with Crippen LogP contribution in [0, 0.1) is 5.92 Å². The van der Waals surface area contributed by atoms with E-state index in [2.05, 4.69) is 17.1 Å². The predicted molar refractivity (Wildman–Crippen MR) is 105 cm³/mol. The molecule has 27 heavy (non-hydrogen) atoms. The van der Waals surface area contributed by atoms with Crippen molar-refractivity contribution in [1.29, 1.82) is 0 Å². The van der Waals surface area contributed by atoms with Crippen LogP contribution < -0.4 is 4.90 Å². The molecule has 0 aromatic carbocycles. The monoisotopic (exact) mass is 363 g/mol. The Morgan fingerprint density at radius 3 is 2.85 bits per heavy atom. The lowest BCUT2D eigenvalue weighted by Gasteiger charge is -2.33. The molecule has 6 heteroatoms. The standard InChI is InChI=1S/C21H25N5O/c1-25(2)20-17-10-12-26(21(27)15-7-4-3-5-8-15)14-18(17)23-19(24-20)16-9-6-11-22-13-16/h3-4,6,9,11,13,15H,5,7-8,10,12,14H2,1-2H3/t15-/m1/s1. The number of aromatic nitrogens is 3. The lowest BCUT2D eigenvalue weighted by atomic mass is 9.92. The maximum Gasteiger partial charge on any atom is 0.226 e. The lowest BCUT2D eigenvalue weighted by Crippen LogP contribution is -2.41. The molecule has 0 spiro atoms. The van der Waals surface area contributed by atoms with Gasteiger partial charge < -0.3 is 9.80 Å². The normalized spacial score (nSPS) is 18.9. The topological polar surface area (TPSA) is 62.2 Å². The smallest absolute Gasteiger partial charge is 0.226 e. The second-order valence-electron chi connectivity index (χ2n) is 7.42. The summed E-state index contributed by atoms with van der Waals surface area (Å²) in [6.45, 7) is 1.30. The zero-order valence-electron chi connectivity index (χ0n) is 15.9. The summed E-state index contributed by atoms with van der Waals surface area (Å²) in [6, 6.07) is 3.86. The summed E-state index contributed by atoms with van der Waals surface area (Å²) in [7, 11) is 4.00. The Labute approximate surface area is 160 Å². The van der Waals surface area contributed by atoms with E-state index in [4.69, 9.17) is 9.97 Å². The largest absolute Gasteiger partial charge is 0.362 e. The highest BCUT2D eigenvalue weighted by Gasteiger charge is 2.30. The van der Waals surface area contributed by atoms with Gasteiger partial charge in [0.2, 0.25) is 5.91 Å². The van der Waals surface area contributed by atoms with E-state index < -0.39 is 0 Å². The van der Waals surface area contributed by atoms with Crippen molar-refractivity contribution >= 4 is 11.7 Å². The van der Waals surface area contributed by atoms with Gasteiger partial charge in [0, 0.05) is 50.1 Å². The van der Waals surface area contributed by atoms with Crippen LogP contribution in [0.5, 0.6) is 0 Å². The van der Waals surface area contributed by atoms with Crippen LogP contribution >= 0.6 is 0 Å². The van der Waals surface area contributed by atoms with E-state index >= 15 is 0 Å². The molecule has 6 nitrogen and oxygen atoms in total. The molecular formula is C21H25N5O. The van der Waals surface area contributed by atoms with Crippen LogP contribution in [0.4, 0.5) is 5.82 Å². The fraction of sp³-hybridized carbons (Fsp3) is 0.429. The van der Waals surface area contributed by atoms with Crippen LogP contribution in [0.1, 0.15) is 30.5 Å². The lowest BCUT2D eigenvalue weighted by molar-refractivity contribution is -0.136. The van der Waals surface area contributed by atoms with Crippen molar-refractivity contribution in [2.75, 3.05) is 25.5 Å². The molecule has 1 atom stereocenters. The van der Waals surface area contributed by atoms with E-state index in [0.717, 1.165) is 54.9 Å². The third-order valence-electron chi connectivity index (χ3n) is 5.32. The maximum absolute atomic E-state index is 13.0. The molecule has 0 bridgehead atoms. The highest BCUT2D eigenvalue weighted by atomic mass is 16.2. The molecule has 1 aliphatic heterocycles. The van der Waals surface area contributed by atoms with Crippen molar-refractivity contribution < 1.29 is 4.79 Å². The molecule has 0 unspecified atom stereocenters. The number of anilines is 1. The van der Waals surface area contributed by atoms with Gasteiger partial charge >= 0.3 is 0 Å². The molecule has 0 saturated heterocycles. The summed E-state index contributed by atoms with van der Waals surface area (Å²) in [5.41, 5.74) is 3.00. The van der Waals surface area contributed by atoms with E-state index in [0.29, 0.717) is 12.4 Å². The van der Waals surface area contributed by atoms with Gasteiger partial charge in [-0.25, -0.2) is 9.97 Å². The molecule has 3 heterocycles. The number of rotatable bonds is 3. The van der Waals surface area contributed by atoms with E-state index in [-0.39, 0.29) is 11.8 Å². The first kappa shape index (κ1) is 17.6. The zero-order valence-corrected chi connectivity index (χ0v) is 15.9. The summed E-state index contributed by atoms with van der Waals surface area (Å²) in [5.74, 6) is 1.98. The second-order valence-corrected chi connectivity index (χ2v) is 7.42. The van der Waals surface area contributed by atoms with Crippen LogP contribution in [0.2, 0.25) is 0 Å². The number of amides is 1. The zero-order chi connectivity index (χ0) is 18.8. The van der Waals surface area contributed by atoms with E-state index in [9.17, 15) is 4.79 Å². The molecule has 2 aromatic rings. The number of fused-ring (bicyclic) bond motifs is 1. The van der Waals surface area contributed by atoms with E-state index in [1.165, 1.54) is 0 Å². The Kier molecular flexibility index (Phi) is 4.88. The first-order valence-corrected chi connectivity index (χ1v) is 9.55. The number of pyridine rings is 1. The third kappa shape index (κ3) is 3.56. The van der Waals surface area contributed by atoms with Crippen LogP contribution in [0.15, 0.2) is 36.7 Å². The van der Waals surface area contributed by atoms with Crippen LogP contribution in [-0.2, 0) is 17.8 Å². The van der Waals surface area contributed by atoms with Gasteiger partial charge in [-0.3, -0.25) is 9.78 Å². The molecule has 2 aromatic heterocycles. The van der Waals surface area contributed by atoms with Gasteiger partial charge in [-0.05, 0) is 37.8 Å². The summed E-state index contributed by atoms with van der Waals surface area (Å²) >= 11 is 0. The van der Waals surface area contributed by atoms with Crippen LogP contribution in [-0.4, -0.2) is 46.4 Å². The maximum atomic E-state index is 13.0. The Bertz CT molecular complexity index is 862. The fourth-order valence-corrected chi connectivity index (χ4v) is 3.87. The van der Waals surface area contributed by atoms with Gasteiger partial charge in [0.25, 0.3) is 0 Å². The van der Waals surface area contributed by atoms with Crippen LogP contribution in [0.3, 0.4) is 0 Å². The average molecular weight is 363 g/mol. The highest BCUT2D eigenvalue weighted by molar-refractivity contribution is 5.79. The highest BCUT2D eigenvalue weighted by Crippen LogP contribution is 2.30. The first-order chi connectivity index (χ1) is 13.1. The molecule has 1 amide bonds. The van der Waals surface area contributed by atoms with E-state index in [1.54, 1.807) is 12.4 Å². The minimum absolute atomic E-state index is 0.115. The van der Waals surface area contributed by atoms with Gasteiger partial charge in [-0.1, -0.05) is 12.2 Å². The number of nitrogens with zero attached hydrogens (tertiary/aromatic N) is 5. The Morgan fingerprint density at radius 1 is 1.26 bits per heavy atom. The molecule has 2 aliphatic rings. The van der Waals surface area contributed by atoms with Gasteiger partial charge in [0.1, 0.15) is 5.82 Å². The molecule has 1 aliphatic carbocycles. The minimum Gasteiger partial charge on any atom is -0.362 e. The predicted octanol–water partition coefficient (Wildman–Crippen LogP) is 2.85. The van der Waals surface area contributed by atoms with Crippen molar-refractivity contribution in [1.82, 2.24) is 19.9 Å². The molecule has 140 valence electrons. The number of carbonyl (C=O) groups excluding carboxylic acids is 1. The number of allylic oxidation sites excluding steroid dienone is 2. The fourth-order valence-electron chi connectivity index (χ4n) is 3.87. The second kappa shape index (κ2) is 7.47. The summed E-state index contributed by atoms with van der Waals surface area (Å²) < 4.78 is 0. The van der Waals surface area contributed by atoms with Gasteiger partial charge in [-0.2, -0.15) is 0 Å². The third-order valence-corrected chi connectivity index (χ3v) is 5.32. The molecular weight excluding hydrogens is 338 g/mol. The average Bonchev–Trinajstić information content (AvgIpc) is 2.73. The summed E-state index contributed by atoms with van der Waals surface area (Å²) in [5, 5.41) is 0. The minimum atomic E-state index is 0.115. The summed E-state index contributed by atoms with van der Waals surface area (Å²) in [6.07, 6.45) is 11.4. The Balaban J connectivity index is 1.66. The van der Waals surface area contributed by atoms with Crippen LogP contribution in [0.25, 0.3) is 11.4 Å². The van der Waals surface area contributed by atoms with Crippen molar-refractivity contribution in [3.8, 4) is 11.4 Å². The van der Waals surface area contributed by atoms with Crippen molar-refractivity contribution in [3.63, 3.8) is 0 Å². The van der Waals surface area contributed by atoms with Gasteiger partial charge in [0.15, 0.2) is 5.82 Å². The summed E-state index contributed by atoms with van der Waals surface area (Å²) in [4.78, 5) is 30.8. The SMILES string of the molecule is CN(C)c1nc(-c2cccnc2)nc2c1CCN(C(=O)[C@@H]1CC=CCC1)C2. The quantitative estimate of drug-likeness (QED) is 0.785. The van der Waals surface area contributed by atoms with Gasteiger partial charge in [-0.15, -0.1) is 0 Å². The van der Waals surface area contributed by atoms with Crippen molar-refractivity contribution in [2.24, 2.45) is 5.92 Å². The molecule has 0 radical (unpaired) electrons. The van der Waals surface area contributed by atoms with Crippen molar-refractivity contribution in [3.05, 3.63) is 47.9 Å². The Hall–Kier alpha value is -2.76. The number of hydrogen-bond acceptors (Lipinski definition) is 5. The molecule has 0 saturated carbocycles. The Morgan fingerprint density at radius 2 is 2.15 bits per heavy atom. The van der Waals surface area contributed by atoms with E-state index in [1.807, 2.05) is 36.0 Å². The first-order valence-electron chi connectivity index (χ1n) is 9.55. The molecule has 0 fully saturated rings. The molecule has 0 N–H and O–H groups in total. The number of hydrogen-bond donors (Lipinski definition) is 0. The number of carbonyl (C=O) groups is 1. The molecule has 4 rings (SSSR count). The van der Waals surface area contributed by atoms with Gasteiger partial charge in [0.05, 0.1) is 12.2 Å².